The van der Waals surface area contributed by atoms with Crippen LogP contribution in [-0.2, 0) is 11.2 Å². The Morgan fingerprint density at radius 3 is 2.83 bits per heavy atom. The molecule has 1 saturated heterocycles. The Hall–Kier alpha value is -1.45. The van der Waals surface area contributed by atoms with E-state index in [1.165, 1.54) is 6.42 Å². The Morgan fingerprint density at radius 1 is 1.44 bits per heavy atom. The summed E-state index contributed by atoms with van der Waals surface area (Å²) in [6.45, 7) is 5.69. The zero-order chi connectivity index (χ0) is 13.0. The molecule has 0 spiro atoms. The number of carbonyl (C=O) groups is 1. The van der Waals surface area contributed by atoms with Gasteiger partial charge < -0.3 is 4.90 Å². The van der Waals surface area contributed by atoms with Gasteiger partial charge in [0.15, 0.2) is 0 Å². The number of nitrogens with zero attached hydrogens (tertiary/aromatic N) is 3. The lowest BCUT2D eigenvalue weighted by Gasteiger charge is -2.33. The molecule has 0 N–H and O–H groups in total. The van der Waals surface area contributed by atoms with Gasteiger partial charge in [0, 0.05) is 37.8 Å². The Morgan fingerprint density at radius 2 is 2.17 bits per heavy atom. The van der Waals surface area contributed by atoms with Crippen molar-refractivity contribution in [3.05, 3.63) is 24.3 Å². The van der Waals surface area contributed by atoms with Gasteiger partial charge >= 0.3 is 0 Å². The van der Waals surface area contributed by atoms with Crippen LogP contribution < -0.4 is 0 Å². The van der Waals surface area contributed by atoms with Crippen molar-refractivity contribution in [3.8, 4) is 0 Å². The molecule has 0 bridgehead atoms. The standard InChI is InChI=1S/C14H21N3O/c1-11(2)14(18)17-8-3-5-12(10-17)9-13-15-6-4-7-16-13/h4,6-7,11-12H,3,5,8-10H2,1-2H3/t12-/m0/s1. The Bertz CT molecular complexity index is 391. The molecular formula is C14H21N3O. The van der Waals surface area contributed by atoms with Crippen molar-refractivity contribution < 1.29 is 4.79 Å². The molecule has 1 fully saturated rings. The number of piperidine rings is 1. The number of amides is 1. The molecule has 18 heavy (non-hydrogen) atoms. The topological polar surface area (TPSA) is 46.1 Å². The lowest BCUT2D eigenvalue weighted by molar-refractivity contribution is -0.136. The van der Waals surface area contributed by atoms with Crippen molar-refractivity contribution in [1.29, 1.82) is 0 Å². The van der Waals surface area contributed by atoms with Gasteiger partial charge in [0.25, 0.3) is 0 Å². The van der Waals surface area contributed by atoms with Crippen LogP contribution in [-0.4, -0.2) is 33.9 Å². The first-order chi connectivity index (χ1) is 8.66. The monoisotopic (exact) mass is 247 g/mol. The fourth-order valence-corrected chi connectivity index (χ4v) is 2.49. The van der Waals surface area contributed by atoms with Crippen molar-refractivity contribution in [2.24, 2.45) is 11.8 Å². The van der Waals surface area contributed by atoms with E-state index in [4.69, 9.17) is 0 Å². The molecule has 0 saturated carbocycles. The largest absolute Gasteiger partial charge is 0.342 e. The van der Waals surface area contributed by atoms with E-state index in [2.05, 4.69) is 9.97 Å². The first-order valence-corrected chi connectivity index (χ1v) is 6.71. The van der Waals surface area contributed by atoms with E-state index in [9.17, 15) is 4.79 Å². The van der Waals surface area contributed by atoms with Crippen LogP contribution in [0.25, 0.3) is 0 Å². The van der Waals surface area contributed by atoms with E-state index in [1.54, 1.807) is 12.4 Å². The fourth-order valence-electron chi connectivity index (χ4n) is 2.49. The lowest BCUT2D eigenvalue weighted by atomic mass is 9.93. The first-order valence-electron chi connectivity index (χ1n) is 6.71. The van der Waals surface area contributed by atoms with Gasteiger partial charge in [0.1, 0.15) is 5.82 Å². The third kappa shape index (κ3) is 3.28. The lowest BCUT2D eigenvalue weighted by Crippen LogP contribution is -2.42. The van der Waals surface area contributed by atoms with Crippen molar-refractivity contribution >= 4 is 5.91 Å². The van der Waals surface area contributed by atoms with Gasteiger partial charge in [-0.2, -0.15) is 0 Å². The number of aromatic nitrogens is 2. The maximum Gasteiger partial charge on any atom is 0.225 e. The molecule has 0 radical (unpaired) electrons. The van der Waals surface area contributed by atoms with Gasteiger partial charge in [-0.3, -0.25) is 4.79 Å². The molecule has 0 aromatic carbocycles. The minimum Gasteiger partial charge on any atom is -0.342 e. The van der Waals surface area contributed by atoms with E-state index in [1.807, 2.05) is 24.8 Å². The zero-order valence-electron chi connectivity index (χ0n) is 11.2. The number of hydrogen-bond donors (Lipinski definition) is 0. The molecule has 1 atom stereocenters. The molecule has 4 heteroatoms. The van der Waals surface area contributed by atoms with E-state index < -0.39 is 0 Å². The highest BCUT2D eigenvalue weighted by atomic mass is 16.2. The predicted octanol–water partition coefficient (Wildman–Crippen LogP) is 1.91. The van der Waals surface area contributed by atoms with Crippen LogP contribution in [0.5, 0.6) is 0 Å². The maximum absolute atomic E-state index is 12.0. The SMILES string of the molecule is CC(C)C(=O)N1CCC[C@@H](Cc2ncccn2)C1. The second-order valence-corrected chi connectivity index (χ2v) is 5.32. The summed E-state index contributed by atoms with van der Waals surface area (Å²) in [5.41, 5.74) is 0. The first kappa shape index (κ1) is 13.0. The maximum atomic E-state index is 12.0. The summed E-state index contributed by atoms with van der Waals surface area (Å²) in [5, 5.41) is 0. The van der Waals surface area contributed by atoms with Crippen molar-refractivity contribution in [2.75, 3.05) is 13.1 Å². The van der Waals surface area contributed by atoms with Crippen LogP contribution in [0.1, 0.15) is 32.5 Å². The summed E-state index contributed by atoms with van der Waals surface area (Å²) in [5.74, 6) is 1.76. The van der Waals surface area contributed by atoms with E-state index in [0.717, 1.165) is 31.8 Å². The van der Waals surface area contributed by atoms with Crippen LogP contribution >= 0.6 is 0 Å². The number of rotatable bonds is 3. The number of likely N-dealkylation sites (tertiary alicyclic amines) is 1. The summed E-state index contributed by atoms with van der Waals surface area (Å²) in [7, 11) is 0. The van der Waals surface area contributed by atoms with Gasteiger partial charge in [0.05, 0.1) is 0 Å². The molecule has 98 valence electrons. The highest BCUT2D eigenvalue weighted by molar-refractivity contribution is 5.78. The molecule has 1 aromatic rings. The number of hydrogen-bond acceptors (Lipinski definition) is 3. The molecule has 1 aromatic heterocycles. The quantitative estimate of drug-likeness (QED) is 0.819. The van der Waals surface area contributed by atoms with Crippen LogP contribution in [0, 0.1) is 11.8 Å². The van der Waals surface area contributed by atoms with E-state index in [-0.39, 0.29) is 11.8 Å². The molecule has 1 amide bonds. The van der Waals surface area contributed by atoms with Gasteiger partial charge in [0.2, 0.25) is 5.91 Å². The zero-order valence-corrected chi connectivity index (χ0v) is 11.2. The third-order valence-electron chi connectivity index (χ3n) is 3.42. The Balaban J connectivity index is 1.93. The van der Waals surface area contributed by atoms with Gasteiger partial charge in [-0.25, -0.2) is 9.97 Å². The highest BCUT2D eigenvalue weighted by Gasteiger charge is 2.25. The molecule has 2 heterocycles. The highest BCUT2D eigenvalue weighted by Crippen LogP contribution is 2.20. The minimum absolute atomic E-state index is 0.0942. The van der Waals surface area contributed by atoms with E-state index >= 15 is 0 Å². The van der Waals surface area contributed by atoms with Crippen LogP contribution in [0.2, 0.25) is 0 Å². The molecule has 1 aliphatic heterocycles. The Labute approximate surface area is 108 Å². The summed E-state index contributed by atoms with van der Waals surface area (Å²) < 4.78 is 0. The molecule has 4 nitrogen and oxygen atoms in total. The third-order valence-corrected chi connectivity index (χ3v) is 3.42. The average Bonchev–Trinajstić information content (AvgIpc) is 2.39. The molecule has 0 unspecified atom stereocenters. The van der Waals surface area contributed by atoms with Crippen molar-refractivity contribution in [2.45, 2.75) is 33.1 Å². The van der Waals surface area contributed by atoms with Crippen LogP contribution in [0.4, 0.5) is 0 Å². The van der Waals surface area contributed by atoms with Crippen LogP contribution in [0.15, 0.2) is 18.5 Å². The molecule has 0 aliphatic carbocycles. The normalized spacial score (nSPS) is 20.2. The second kappa shape index (κ2) is 5.94. The van der Waals surface area contributed by atoms with Gasteiger partial charge in [-0.1, -0.05) is 13.8 Å². The van der Waals surface area contributed by atoms with Crippen LogP contribution in [0.3, 0.4) is 0 Å². The molecule has 2 rings (SSSR count). The Kier molecular flexibility index (Phi) is 4.28. The van der Waals surface area contributed by atoms with Crippen molar-refractivity contribution in [1.82, 2.24) is 14.9 Å². The van der Waals surface area contributed by atoms with Gasteiger partial charge in [-0.15, -0.1) is 0 Å². The average molecular weight is 247 g/mol. The summed E-state index contributed by atoms with van der Waals surface area (Å²) in [6.07, 6.45) is 6.70. The minimum atomic E-state index is 0.0942. The molecule has 1 aliphatic rings. The van der Waals surface area contributed by atoms with Crippen molar-refractivity contribution in [3.63, 3.8) is 0 Å². The summed E-state index contributed by atoms with van der Waals surface area (Å²) in [4.78, 5) is 22.5. The molecular weight excluding hydrogens is 226 g/mol. The summed E-state index contributed by atoms with van der Waals surface area (Å²) in [6, 6.07) is 1.83. The smallest absolute Gasteiger partial charge is 0.225 e. The number of carbonyl (C=O) groups excluding carboxylic acids is 1. The van der Waals surface area contributed by atoms with Gasteiger partial charge in [-0.05, 0) is 24.8 Å². The second-order valence-electron chi connectivity index (χ2n) is 5.32. The van der Waals surface area contributed by atoms with E-state index in [0.29, 0.717) is 5.92 Å². The summed E-state index contributed by atoms with van der Waals surface area (Å²) >= 11 is 0. The predicted molar refractivity (Wildman–Crippen MR) is 69.9 cm³/mol. The fraction of sp³-hybridized carbons (Fsp3) is 0.643.